The van der Waals surface area contributed by atoms with Crippen molar-refractivity contribution in [3.05, 3.63) is 52.9 Å². The Balaban J connectivity index is 1.77. The van der Waals surface area contributed by atoms with Gasteiger partial charge in [-0.05, 0) is 30.3 Å². The predicted molar refractivity (Wildman–Crippen MR) is 85.3 cm³/mol. The van der Waals surface area contributed by atoms with Crippen LogP contribution in [0.15, 0.2) is 47.1 Å². The first kappa shape index (κ1) is 12.4. The molecule has 4 rings (SSSR count). The third-order valence-electron chi connectivity index (χ3n) is 3.34. The normalized spacial score (nSPS) is 11.3. The maximum absolute atomic E-state index is 13.2. The summed E-state index contributed by atoms with van der Waals surface area (Å²) in [6.07, 6.45) is 1.88. The lowest BCUT2D eigenvalue weighted by Crippen LogP contribution is -1.90. The van der Waals surface area contributed by atoms with E-state index in [9.17, 15) is 4.39 Å². The summed E-state index contributed by atoms with van der Waals surface area (Å²) in [6.45, 7) is 0. The molecule has 0 spiro atoms. The molecule has 3 N–H and O–H groups in total. The lowest BCUT2D eigenvalue weighted by molar-refractivity contribution is 0.629. The van der Waals surface area contributed by atoms with Gasteiger partial charge in [-0.3, -0.25) is 0 Å². The summed E-state index contributed by atoms with van der Waals surface area (Å²) in [6, 6.07) is 10.5. The SMILES string of the molecule is Fc1ccc2[nH]c(Nc3c[nH]c4ccc(Br)cc34)nc2c1. The molecule has 0 atom stereocenters. The molecular formula is C15H10BrFN4. The molecule has 4 aromatic rings. The number of aromatic amines is 2. The Hall–Kier alpha value is -2.34. The number of hydrogen-bond donors (Lipinski definition) is 3. The number of rotatable bonds is 2. The Morgan fingerprint density at radius 1 is 1.10 bits per heavy atom. The molecular weight excluding hydrogens is 335 g/mol. The van der Waals surface area contributed by atoms with E-state index in [-0.39, 0.29) is 5.82 Å². The van der Waals surface area contributed by atoms with Gasteiger partial charge in [0.05, 0.1) is 16.7 Å². The maximum atomic E-state index is 13.2. The number of benzene rings is 2. The van der Waals surface area contributed by atoms with E-state index in [1.165, 1.54) is 12.1 Å². The monoisotopic (exact) mass is 344 g/mol. The highest BCUT2D eigenvalue weighted by molar-refractivity contribution is 9.10. The van der Waals surface area contributed by atoms with Crippen LogP contribution in [0.4, 0.5) is 16.0 Å². The Morgan fingerprint density at radius 3 is 2.86 bits per heavy atom. The molecule has 0 saturated heterocycles. The molecule has 0 saturated carbocycles. The van der Waals surface area contributed by atoms with Gasteiger partial charge in [-0.1, -0.05) is 15.9 Å². The van der Waals surface area contributed by atoms with Crippen LogP contribution in [0.1, 0.15) is 0 Å². The van der Waals surface area contributed by atoms with Crippen molar-refractivity contribution in [1.82, 2.24) is 15.0 Å². The van der Waals surface area contributed by atoms with Crippen LogP contribution >= 0.6 is 15.9 Å². The minimum atomic E-state index is -0.295. The molecule has 104 valence electrons. The fourth-order valence-corrected chi connectivity index (χ4v) is 2.72. The van der Waals surface area contributed by atoms with Crippen molar-refractivity contribution in [2.75, 3.05) is 5.32 Å². The summed E-state index contributed by atoms with van der Waals surface area (Å²) in [5.41, 5.74) is 3.33. The van der Waals surface area contributed by atoms with Crippen molar-refractivity contribution in [3.63, 3.8) is 0 Å². The number of nitrogens with zero attached hydrogens (tertiary/aromatic N) is 1. The summed E-state index contributed by atoms with van der Waals surface area (Å²) in [5, 5.41) is 4.27. The van der Waals surface area contributed by atoms with Gasteiger partial charge >= 0.3 is 0 Å². The molecule has 6 heteroatoms. The summed E-state index contributed by atoms with van der Waals surface area (Å²) >= 11 is 3.47. The van der Waals surface area contributed by atoms with Gasteiger partial charge in [0.1, 0.15) is 5.82 Å². The van der Waals surface area contributed by atoms with Crippen molar-refractivity contribution < 1.29 is 4.39 Å². The van der Waals surface area contributed by atoms with Crippen LogP contribution in [0.2, 0.25) is 0 Å². The lowest BCUT2D eigenvalue weighted by atomic mass is 10.2. The fourth-order valence-electron chi connectivity index (χ4n) is 2.36. The van der Waals surface area contributed by atoms with Gasteiger partial charge in [-0.2, -0.15) is 0 Å². The minimum absolute atomic E-state index is 0.295. The van der Waals surface area contributed by atoms with Crippen molar-refractivity contribution in [1.29, 1.82) is 0 Å². The summed E-state index contributed by atoms with van der Waals surface area (Å²) < 4.78 is 14.2. The van der Waals surface area contributed by atoms with Gasteiger partial charge in [0.15, 0.2) is 0 Å². The average Bonchev–Trinajstić information content (AvgIpc) is 3.02. The molecule has 0 fully saturated rings. The molecule has 21 heavy (non-hydrogen) atoms. The second-order valence-electron chi connectivity index (χ2n) is 4.76. The van der Waals surface area contributed by atoms with E-state index in [1.54, 1.807) is 6.07 Å². The molecule has 0 radical (unpaired) electrons. The topological polar surface area (TPSA) is 56.5 Å². The van der Waals surface area contributed by atoms with Crippen molar-refractivity contribution in [3.8, 4) is 0 Å². The summed E-state index contributed by atoms with van der Waals surface area (Å²) in [5.74, 6) is 0.285. The van der Waals surface area contributed by atoms with E-state index in [1.807, 2.05) is 24.4 Å². The molecule has 0 bridgehead atoms. The Bertz CT molecular complexity index is 957. The highest BCUT2D eigenvalue weighted by atomic mass is 79.9. The highest BCUT2D eigenvalue weighted by Gasteiger charge is 2.08. The molecule has 0 unspecified atom stereocenters. The van der Waals surface area contributed by atoms with Crippen molar-refractivity contribution in [2.45, 2.75) is 0 Å². The summed E-state index contributed by atoms with van der Waals surface area (Å²) in [7, 11) is 0. The number of aromatic nitrogens is 3. The predicted octanol–water partition coefficient (Wildman–Crippen LogP) is 4.69. The first-order valence-electron chi connectivity index (χ1n) is 6.38. The molecule has 0 aliphatic carbocycles. The van der Waals surface area contributed by atoms with Crippen molar-refractivity contribution >= 4 is 49.5 Å². The van der Waals surface area contributed by atoms with Gasteiger partial charge in [-0.15, -0.1) is 0 Å². The van der Waals surface area contributed by atoms with Crippen LogP contribution < -0.4 is 5.32 Å². The average molecular weight is 345 g/mol. The molecule has 0 aliphatic rings. The Morgan fingerprint density at radius 2 is 1.95 bits per heavy atom. The van der Waals surface area contributed by atoms with E-state index >= 15 is 0 Å². The standard InChI is InChI=1S/C15H10BrFN4/c16-8-1-3-11-10(5-8)14(7-18-11)21-15-19-12-4-2-9(17)6-13(12)20-15/h1-7,18H,(H2,19,20,21). The van der Waals surface area contributed by atoms with Crippen molar-refractivity contribution in [2.24, 2.45) is 0 Å². The van der Waals surface area contributed by atoms with Crippen LogP contribution in [0.3, 0.4) is 0 Å². The minimum Gasteiger partial charge on any atom is -0.359 e. The zero-order valence-corrected chi connectivity index (χ0v) is 12.3. The zero-order chi connectivity index (χ0) is 14.4. The van der Waals surface area contributed by atoms with E-state index in [4.69, 9.17) is 0 Å². The second kappa shape index (κ2) is 4.60. The van der Waals surface area contributed by atoms with Gasteiger partial charge in [0.25, 0.3) is 0 Å². The quantitative estimate of drug-likeness (QED) is 0.494. The number of H-pyrrole nitrogens is 2. The number of imidazole rings is 1. The Labute approximate surface area is 127 Å². The van der Waals surface area contributed by atoms with Crippen LogP contribution in [0.5, 0.6) is 0 Å². The van der Waals surface area contributed by atoms with E-state index < -0.39 is 0 Å². The van der Waals surface area contributed by atoms with Gasteiger partial charge < -0.3 is 15.3 Å². The van der Waals surface area contributed by atoms with Gasteiger partial charge in [-0.25, -0.2) is 9.37 Å². The molecule has 2 aromatic carbocycles. The molecule has 4 nitrogen and oxygen atoms in total. The molecule has 2 heterocycles. The maximum Gasteiger partial charge on any atom is 0.205 e. The Kier molecular flexibility index (Phi) is 2.71. The lowest BCUT2D eigenvalue weighted by Gasteiger charge is -2.00. The number of anilines is 2. The first-order chi connectivity index (χ1) is 10.2. The zero-order valence-electron chi connectivity index (χ0n) is 10.7. The summed E-state index contributed by atoms with van der Waals surface area (Å²) in [4.78, 5) is 10.7. The van der Waals surface area contributed by atoms with Gasteiger partial charge in [0, 0.05) is 27.6 Å². The molecule has 0 aliphatic heterocycles. The van der Waals surface area contributed by atoms with Crippen LogP contribution in [-0.2, 0) is 0 Å². The second-order valence-corrected chi connectivity index (χ2v) is 5.68. The highest BCUT2D eigenvalue weighted by Crippen LogP contribution is 2.28. The molecule has 0 amide bonds. The number of nitrogens with one attached hydrogen (secondary N) is 3. The number of hydrogen-bond acceptors (Lipinski definition) is 2. The van der Waals surface area contributed by atoms with Crippen LogP contribution in [-0.4, -0.2) is 15.0 Å². The fraction of sp³-hybridized carbons (Fsp3) is 0. The van der Waals surface area contributed by atoms with E-state index in [0.717, 1.165) is 26.6 Å². The third kappa shape index (κ3) is 2.17. The van der Waals surface area contributed by atoms with Crippen LogP contribution in [0, 0.1) is 5.82 Å². The van der Waals surface area contributed by atoms with Gasteiger partial charge in [0.2, 0.25) is 5.95 Å². The number of fused-ring (bicyclic) bond motifs is 2. The molecule has 2 aromatic heterocycles. The van der Waals surface area contributed by atoms with Crippen LogP contribution in [0.25, 0.3) is 21.9 Å². The smallest absolute Gasteiger partial charge is 0.205 e. The third-order valence-corrected chi connectivity index (χ3v) is 3.84. The number of halogens is 2. The largest absolute Gasteiger partial charge is 0.359 e. The van der Waals surface area contributed by atoms with E-state index in [0.29, 0.717) is 11.5 Å². The van der Waals surface area contributed by atoms with E-state index in [2.05, 4.69) is 36.2 Å². The first-order valence-corrected chi connectivity index (χ1v) is 7.17.